The molecule has 0 aliphatic carbocycles. The monoisotopic (exact) mass is 429 g/mol. The third kappa shape index (κ3) is 5.30. The Morgan fingerprint density at radius 1 is 1.40 bits per heavy atom. The summed E-state index contributed by atoms with van der Waals surface area (Å²) < 4.78 is 13.0. The number of ether oxygens (including phenoxy) is 1. The van der Waals surface area contributed by atoms with Crippen molar-refractivity contribution in [3.8, 4) is 5.75 Å². The molecule has 0 spiro atoms. The smallest absolute Gasteiger partial charge is 0.340 e. The molecule has 0 fully saturated rings. The zero-order valence-electron chi connectivity index (χ0n) is 17.0. The molecule has 0 aliphatic rings. The summed E-state index contributed by atoms with van der Waals surface area (Å²) in [4.78, 5) is 28.8. The van der Waals surface area contributed by atoms with Crippen molar-refractivity contribution < 1.29 is 13.9 Å². The van der Waals surface area contributed by atoms with Crippen LogP contribution in [0.25, 0.3) is 11.0 Å². The standard InChI is InChI=1S/C22H24ClN3O4/c1-14(2)12-29-20-11-19-16(9-18(20)23)15(3)17(22(28)30-19)10-21(27)25-5-4-7-26-8-6-24-13-26/h6,8-9,11,13H,1,4-5,7,10,12H2,2-3H3,(H,25,27). The van der Waals surface area contributed by atoms with E-state index in [1.54, 1.807) is 31.6 Å². The molecule has 1 amide bonds. The van der Waals surface area contributed by atoms with Crippen molar-refractivity contribution in [1.82, 2.24) is 14.9 Å². The maximum absolute atomic E-state index is 12.5. The van der Waals surface area contributed by atoms with E-state index in [4.69, 9.17) is 20.8 Å². The number of benzene rings is 1. The van der Waals surface area contributed by atoms with Crippen LogP contribution in [0.15, 0.2) is 52.2 Å². The number of carbonyl (C=O) groups excluding carboxylic acids is 1. The Labute approximate surface area is 179 Å². The van der Waals surface area contributed by atoms with Crippen LogP contribution >= 0.6 is 11.6 Å². The molecule has 8 heteroatoms. The molecule has 0 saturated heterocycles. The minimum Gasteiger partial charge on any atom is -0.488 e. The van der Waals surface area contributed by atoms with Crippen LogP contribution in [0, 0.1) is 6.92 Å². The second kappa shape index (κ2) is 9.63. The Kier molecular flexibility index (Phi) is 6.95. The van der Waals surface area contributed by atoms with E-state index in [0.717, 1.165) is 18.5 Å². The van der Waals surface area contributed by atoms with E-state index >= 15 is 0 Å². The van der Waals surface area contributed by atoms with Crippen molar-refractivity contribution in [3.63, 3.8) is 0 Å². The van der Waals surface area contributed by atoms with Gasteiger partial charge < -0.3 is 19.0 Å². The summed E-state index contributed by atoms with van der Waals surface area (Å²) in [5.41, 5.74) is 1.66. The molecule has 1 N–H and O–H groups in total. The van der Waals surface area contributed by atoms with Crippen molar-refractivity contribution in [1.29, 1.82) is 0 Å². The molecule has 0 bridgehead atoms. The molecule has 0 unspecified atom stereocenters. The number of aryl methyl sites for hydroxylation is 2. The average molecular weight is 430 g/mol. The normalized spacial score (nSPS) is 10.9. The van der Waals surface area contributed by atoms with Gasteiger partial charge in [-0.15, -0.1) is 0 Å². The molecular formula is C22H24ClN3O4. The highest BCUT2D eigenvalue weighted by Crippen LogP contribution is 2.32. The van der Waals surface area contributed by atoms with Gasteiger partial charge in [0, 0.05) is 36.9 Å². The van der Waals surface area contributed by atoms with Gasteiger partial charge in [0.05, 0.1) is 23.3 Å². The first-order valence-corrected chi connectivity index (χ1v) is 9.98. The average Bonchev–Trinajstić information content (AvgIpc) is 3.21. The number of nitrogens with zero attached hydrogens (tertiary/aromatic N) is 2. The number of aromatic nitrogens is 2. The molecule has 3 rings (SSSR count). The first-order valence-electron chi connectivity index (χ1n) is 9.60. The maximum atomic E-state index is 12.5. The van der Waals surface area contributed by atoms with Gasteiger partial charge >= 0.3 is 5.63 Å². The fourth-order valence-corrected chi connectivity index (χ4v) is 3.26. The number of carbonyl (C=O) groups is 1. The number of nitrogens with one attached hydrogen (secondary N) is 1. The van der Waals surface area contributed by atoms with E-state index in [1.165, 1.54) is 0 Å². The number of hydrogen-bond donors (Lipinski definition) is 1. The summed E-state index contributed by atoms with van der Waals surface area (Å²) in [5, 5.41) is 3.91. The molecule has 1 aromatic carbocycles. The van der Waals surface area contributed by atoms with E-state index in [1.807, 2.05) is 17.7 Å². The molecule has 2 heterocycles. The quantitative estimate of drug-likeness (QED) is 0.318. The van der Waals surface area contributed by atoms with E-state index in [-0.39, 0.29) is 12.3 Å². The van der Waals surface area contributed by atoms with Crippen molar-refractivity contribution in [2.75, 3.05) is 13.2 Å². The lowest BCUT2D eigenvalue weighted by Gasteiger charge is -2.12. The summed E-state index contributed by atoms with van der Waals surface area (Å²) in [5.74, 6) is 0.181. The van der Waals surface area contributed by atoms with Gasteiger partial charge in [0.15, 0.2) is 0 Å². The van der Waals surface area contributed by atoms with Crippen LogP contribution in [0.4, 0.5) is 0 Å². The molecule has 158 valence electrons. The lowest BCUT2D eigenvalue weighted by atomic mass is 10.0. The summed E-state index contributed by atoms with van der Waals surface area (Å²) in [7, 11) is 0. The minimum absolute atomic E-state index is 0.0548. The predicted octanol–water partition coefficient (Wildman–Crippen LogP) is 3.66. The predicted molar refractivity (Wildman–Crippen MR) is 116 cm³/mol. The van der Waals surface area contributed by atoms with E-state index < -0.39 is 5.63 Å². The van der Waals surface area contributed by atoms with Crippen molar-refractivity contribution in [2.24, 2.45) is 0 Å². The fourth-order valence-electron chi connectivity index (χ4n) is 3.04. The Morgan fingerprint density at radius 3 is 2.90 bits per heavy atom. The van der Waals surface area contributed by atoms with Crippen LogP contribution in [0.3, 0.4) is 0 Å². The first kappa shape index (κ1) is 21.6. The fraction of sp³-hybridized carbons (Fsp3) is 0.318. The molecular weight excluding hydrogens is 406 g/mol. The van der Waals surface area contributed by atoms with Gasteiger partial charge in [0.2, 0.25) is 5.91 Å². The summed E-state index contributed by atoms with van der Waals surface area (Å²) >= 11 is 6.32. The van der Waals surface area contributed by atoms with Gasteiger partial charge in [-0.1, -0.05) is 18.2 Å². The Balaban J connectivity index is 1.70. The van der Waals surface area contributed by atoms with Crippen molar-refractivity contribution in [3.05, 3.63) is 69.6 Å². The van der Waals surface area contributed by atoms with Crippen LogP contribution in [0.5, 0.6) is 5.75 Å². The number of halogens is 1. The molecule has 0 atom stereocenters. The number of hydrogen-bond acceptors (Lipinski definition) is 5. The molecule has 0 radical (unpaired) electrons. The second-order valence-electron chi connectivity index (χ2n) is 7.20. The van der Waals surface area contributed by atoms with Crippen LogP contribution in [0.1, 0.15) is 24.5 Å². The van der Waals surface area contributed by atoms with Gasteiger partial charge in [-0.3, -0.25) is 4.79 Å². The van der Waals surface area contributed by atoms with Crippen LogP contribution in [-0.2, 0) is 17.8 Å². The van der Waals surface area contributed by atoms with Gasteiger partial charge in [-0.2, -0.15) is 0 Å². The maximum Gasteiger partial charge on any atom is 0.340 e. The lowest BCUT2D eigenvalue weighted by Crippen LogP contribution is -2.29. The van der Waals surface area contributed by atoms with Gasteiger partial charge in [-0.05, 0) is 37.5 Å². The Morgan fingerprint density at radius 2 is 2.20 bits per heavy atom. The van der Waals surface area contributed by atoms with Crippen molar-refractivity contribution >= 4 is 28.5 Å². The van der Waals surface area contributed by atoms with Crippen LogP contribution in [0.2, 0.25) is 5.02 Å². The zero-order valence-corrected chi connectivity index (χ0v) is 17.8. The third-order valence-corrected chi connectivity index (χ3v) is 4.92. The second-order valence-corrected chi connectivity index (χ2v) is 7.61. The molecule has 30 heavy (non-hydrogen) atoms. The minimum atomic E-state index is -0.540. The van der Waals surface area contributed by atoms with E-state index in [9.17, 15) is 9.59 Å². The van der Waals surface area contributed by atoms with Gasteiger partial charge in [0.25, 0.3) is 0 Å². The third-order valence-electron chi connectivity index (χ3n) is 4.63. The lowest BCUT2D eigenvalue weighted by molar-refractivity contribution is -0.120. The van der Waals surface area contributed by atoms with Crippen LogP contribution in [-0.4, -0.2) is 28.6 Å². The molecule has 2 aromatic heterocycles. The SMILES string of the molecule is C=C(C)COc1cc2oc(=O)c(CC(=O)NCCCn3ccnc3)c(C)c2cc1Cl. The molecule has 7 nitrogen and oxygen atoms in total. The largest absolute Gasteiger partial charge is 0.488 e. The van der Waals surface area contributed by atoms with Crippen molar-refractivity contribution in [2.45, 2.75) is 33.2 Å². The number of rotatable bonds is 9. The highest BCUT2D eigenvalue weighted by molar-refractivity contribution is 6.32. The number of fused-ring (bicyclic) bond motifs is 1. The molecule has 0 saturated carbocycles. The molecule has 3 aromatic rings. The number of amides is 1. The molecule has 0 aliphatic heterocycles. The Hall–Kier alpha value is -3.06. The summed E-state index contributed by atoms with van der Waals surface area (Å²) in [6.45, 7) is 8.98. The van der Waals surface area contributed by atoms with Gasteiger partial charge in [-0.25, -0.2) is 9.78 Å². The number of imidazole rings is 1. The van der Waals surface area contributed by atoms with E-state index in [2.05, 4.69) is 16.9 Å². The Bertz CT molecular complexity index is 1120. The topological polar surface area (TPSA) is 86.4 Å². The first-order chi connectivity index (χ1) is 14.3. The van der Waals surface area contributed by atoms with Gasteiger partial charge in [0.1, 0.15) is 17.9 Å². The van der Waals surface area contributed by atoms with Crippen LogP contribution < -0.4 is 15.7 Å². The zero-order chi connectivity index (χ0) is 21.7. The highest BCUT2D eigenvalue weighted by atomic mass is 35.5. The summed E-state index contributed by atoms with van der Waals surface area (Å²) in [6, 6.07) is 3.28. The van der Waals surface area contributed by atoms with E-state index in [0.29, 0.717) is 46.0 Å². The highest BCUT2D eigenvalue weighted by Gasteiger charge is 2.17. The summed E-state index contributed by atoms with van der Waals surface area (Å²) in [6.07, 6.45) is 6.01.